The van der Waals surface area contributed by atoms with Crippen LogP contribution in [0.1, 0.15) is 38.8 Å². The second-order valence-corrected chi connectivity index (χ2v) is 5.22. The molecule has 0 bridgehead atoms. The summed E-state index contributed by atoms with van der Waals surface area (Å²) in [5.74, 6) is 0. The van der Waals surface area contributed by atoms with Gasteiger partial charge in [-0.25, -0.2) is 0 Å². The molecule has 2 unspecified atom stereocenters. The number of hydrogen-bond acceptors (Lipinski definition) is 3. The third-order valence-electron chi connectivity index (χ3n) is 3.69. The molecule has 2 N–H and O–H groups in total. The first-order valence-electron chi connectivity index (χ1n) is 6.86. The molecule has 1 fully saturated rings. The molecule has 1 aromatic rings. The highest BCUT2D eigenvalue weighted by Crippen LogP contribution is 2.30. The number of anilines is 1. The summed E-state index contributed by atoms with van der Waals surface area (Å²) >= 11 is 0. The average molecular weight is 248 g/mol. The normalized spacial score (nSPS) is 26.1. The van der Waals surface area contributed by atoms with Crippen LogP contribution in [0.4, 0.5) is 5.69 Å². The van der Waals surface area contributed by atoms with Crippen LogP contribution in [0.5, 0.6) is 0 Å². The molecule has 3 nitrogen and oxygen atoms in total. The van der Waals surface area contributed by atoms with E-state index in [4.69, 9.17) is 10.5 Å². The summed E-state index contributed by atoms with van der Waals surface area (Å²) in [5.41, 5.74) is 8.75. The van der Waals surface area contributed by atoms with Crippen molar-refractivity contribution in [2.45, 2.75) is 45.4 Å². The van der Waals surface area contributed by atoms with E-state index < -0.39 is 0 Å². The van der Waals surface area contributed by atoms with Crippen LogP contribution in [-0.4, -0.2) is 25.3 Å². The Kier molecular flexibility index (Phi) is 4.25. The summed E-state index contributed by atoms with van der Waals surface area (Å²) in [6, 6.07) is 9.02. The highest BCUT2D eigenvalue weighted by molar-refractivity contribution is 5.56. The molecule has 3 heteroatoms. The highest BCUT2D eigenvalue weighted by atomic mass is 16.5. The van der Waals surface area contributed by atoms with Crippen LogP contribution in [0.2, 0.25) is 0 Å². The van der Waals surface area contributed by atoms with Crippen molar-refractivity contribution in [2.24, 2.45) is 5.73 Å². The molecule has 0 aromatic heterocycles. The molecule has 18 heavy (non-hydrogen) atoms. The first-order valence-corrected chi connectivity index (χ1v) is 6.86. The van der Waals surface area contributed by atoms with Gasteiger partial charge in [-0.15, -0.1) is 0 Å². The molecular formula is C15H24N2O. The van der Waals surface area contributed by atoms with E-state index in [2.05, 4.69) is 49.9 Å². The molecule has 1 aliphatic rings. The molecule has 0 amide bonds. The van der Waals surface area contributed by atoms with E-state index in [0.29, 0.717) is 6.04 Å². The molecule has 3 atom stereocenters. The zero-order valence-electron chi connectivity index (χ0n) is 11.6. The standard InChI is InChI=1S/C15H24N2O/c1-4-14(16)13-7-5-6-8-15(13)17-9-12(3)18-10-11(17)2/h5-8,11-12,14H,4,9-10,16H2,1-3H3/t11?,12?,14-/m0/s1. The highest BCUT2D eigenvalue weighted by Gasteiger charge is 2.25. The second-order valence-electron chi connectivity index (χ2n) is 5.22. The van der Waals surface area contributed by atoms with Crippen LogP contribution in [0, 0.1) is 0 Å². The lowest BCUT2D eigenvalue weighted by molar-refractivity contribution is 0.0343. The maximum atomic E-state index is 6.22. The van der Waals surface area contributed by atoms with Gasteiger partial charge in [0.1, 0.15) is 0 Å². The Morgan fingerprint density at radius 3 is 2.83 bits per heavy atom. The minimum absolute atomic E-state index is 0.117. The predicted octanol–water partition coefficient (Wildman–Crippen LogP) is 2.71. The summed E-state index contributed by atoms with van der Waals surface area (Å²) < 4.78 is 5.70. The maximum absolute atomic E-state index is 6.22. The van der Waals surface area contributed by atoms with Gasteiger partial charge >= 0.3 is 0 Å². The number of nitrogens with two attached hydrogens (primary N) is 1. The van der Waals surface area contributed by atoms with Gasteiger partial charge in [0, 0.05) is 24.3 Å². The van der Waals surface area contributed by atoms with Crippen molar-refractivity contribution in [3.63, 3.8) is 0 Å². The Hall–Kier alpha value is -1.06. The largest absolute Gasteiger partial charge is 0.375 e. The van der Waals surface area contributed by atoms with E-state index in [1.165, 1.54) is 11.3 Å². The zero-order valence-corrected chi connectivity index (χ0v) is 11.6. The van der Waals surface area contributed by atoms with Gasteiger partial charge < -0.3 is 15.4 Å². The van der Waals surface area contributed by atoms with E-state index in [1.807, 2.05) is 0 Å². The van der Waals surface area contributed by atoms with Crippen molar-refractivity contribution in [3.8, 4) is 0 Å². The zero-order chi connectivity index (χ0) is 13.1. The van der Waals surface area contributed by atoms with Crippen molar-refractivity contribution in [2.75, 3.05) is 18.1 Å². The molecule has 100 valence electrons. The van der Waals surface area contributed by atoms with E-state index in [0.717, 1.165) is 19.6 Å². The van der Waals surface area contributed by atoms with E-state index in [9.17, 15) is 0 Å². The molecule has 2 rings (SSSR count). The minimum Gasteiger partial charge on any atom is -0.375 e. The lowest BCUT2D eigenvalue weighted by Crippen LogP contribution is -2.48. The first kappa shape index (κ1) is 13.4. The van der Waals surface area contributed by atoms with Crippen LogP contribution < -0.4 is 10.6 Å². The van der Waals surface area contributed by atoms with Crippen molar-refractivity contribution in [3.05, 3.63) is 29.8 Å². The topological polar surface area (TPSA) is 38.5 Å². The van der Waals surface area contributed by atoms with Gasteiger partial charge in [0.15, 0.2) is 0 Å². The van der Waals surface area contributed by atoms with Crippen molar-refractivity contribution in [1.29, 1.82) is 0 Å². The fraction of sp³-hybridized carbons (Fsp3) is 0.600. The lowest BCUT2D eigenvalue weighted by atomic mass is 10.0. The van der Waals surface area contributed by atoms with Gasteiger partial charge in [-0.1, -0.05) is 25.1 Å². The summed E-state index contributed by atoms with van der Waals surface area (Å²) in [4.78, 5) is 2.43. The summed E-state index contributed by atoms with van der Waals surface area (Å²) in [6.45, 7) is 8.19. The molecule has 0 spiro atoms. The number of rotatable bonds is 3. The van der Waals surface area contributed by atoms with Gasteiger partial charge in [0.25, 0.3) is 0 Å². The number of benzene rings is 1. The van der Waals surface area contributed by atoms with E-state index in [1.54, 1.807) is 0 Å². The first-order chi connectivity index (χ1) is 8.63. The predicted molar refractivity (Wildman–Crippen MR) is 75.9 cm³/mol. The Morgan fingerprint density at radius 1 is 1.39 bits per heavy atom. The summed E-state index contributed by atoms with van der Waals surface area (Å²) in [7, 11) is 0. The molecule has 1 aliphatic heterocycles. The van der Waals surface area contributed by atoms with E-state index in [-0.39, 0.29) is 12.1 Å². The molecule has 0 radical (unpaired) electrons. The number of morpholine rings is 1. The molecule has 1 saturated heterocycles. The van der Waals surface area contributed by atoms with Crippen LogP contribution in [0.15, 0.2) is 24.3 Å². The van der Waals surface area contributed by atoms with Gasteiger partial charge in [-0.05, 0) is 31.9 Å². The van der Waals surface area contributed by atoms with Gasteiger partial charge in [0.2, 0.25) is 0 Å². The molecular weight excluding hydrogens is 224 g/mol. The number of para-hydroxylation sites is 1. The SMILES string of the molecule is CC[C@H](N)c1ccccc1N1CC(C)OCC1C. The second kappa shape index (κ2) is 5.72. The Labute approximate surface area is 110 Å². The van der Waals surface area contributed by atoms with Crippen molar-refractivity contribution >= 4 is 5.69 Å². The van der Waals surface area contributed by atoms with Crippen molar-refractivity contribution in [1.82, 2.24) is 0 Å². The minimum atomic E-state index is 0.117. The van der Waals surface area contributed by atoms with Crippen molar-refractivity contribution < 1.29 is 4.74 Å². The van der Waals surface area contributed by atoms with E-state index >= 15 is 0 Å². The average Bonchev–Trinajstić information content (AvgIpc) is 2.40. The number of hydrogen-bond donors (Lipinski definition) is 1. The summed E-state index contributed by atoms with van der Waals surface area (Å²) in [6.07, 6.45) is 1.25. The fourth-order valence-corrected chi connectivity index (χ4v) is 2.52. The molecule has 0 saturated carbocycles. The number of ether oxygens (including phenoxy) is 1. The third kappa shape index (κ3) is 2.68. The van der Waals surface area contributed by atoms with Gasteiger partial charge in [-0.2, -0.15) is 0 Å². The Balaban J connectivity index is 2.31. The fourth-order valence-electron chi connectivity index (χ4n) is 2.52. The lowest BCUT2D eigenvalue weighted by Gasteiger charge is -2.40. The van der Waals surface area contributed by atoms with Crippen LogP contribution in [0.25, 0.3) is 0 Å². The number of nitrogens with zero attached hydrogens (tertiary/aromatic N) is 1. The third-order valence-corrected chi connectivity index (χ3v) is 3.69. The van der Waals surface area contributed by atoms with Gasteiger partial charge in [0.05, 0.1) is 12.7 Å². The van der Waals surface area contributed by atoms with Crippen LogP contribution >= 0.6 is 0 Å². The Bertz CT molecular complexity index is 394. The Morgan fingerprint density at radius 2 is 2.11 bits per heavy atom. The molecule has 1 aromatic carbocycles. The molecule has 1 heterocycles. The quantitative estimate of drug-likeness (QED) is 0.894. The maximum Gasteiger partial charge on any atom is 0.0723 e. The van der Waals surface area contributed by atoms with Crippen LogP contribution in [-0.2, 0) is 4.74 Å². The summed E-state index contributed by atoms with van der Waals surface area (Å²) in [5, 5.41) is 0. The molecule has 0 aliphatic carbocycles. The van der Waals surface area contributed by atoms with Crippen LogP contribution in [0.3, 0.4) is 0 Å². The smallest absolute Gasteiger partial charge is 0.0723 e. The van der Waals surface area contributed by atoms with Gasteiger partial charge in [-0.3, -0.25) is 0 Å². The monoisotopic (exact) mass is 248 g/mol.